The van der Waals surface area contributed by atoms with Gasteiger partial charge in [-0.2, -0.15) is 0 Å². The molecule has 20 heavy (non-hydrogen) atoms. The summed E-state index contributed by atoms with van der Waals surface area (Å²) in [5.74, 6) is 0. The van der Waals surface area contributed by atoms with Crippen LogP contribution in [-0.4, -0.2) is 0 Å². The molecule has 106 valence electrons. The highest BCUT2D eigenvalue weighted by Crippen LogP contribution is 2.29. The Labute approximate surface area is 127 Å². The van der Waals surface area contributed by atoms with E-state index in [4.69, 9.17) is 11.6 Å². The normalized spacial score (nSPS) is 12.2. The van der Waals surface area contributed by atoms with Gasteiger partial charge in [0.05, 0.1) is 6.04 Å². The van der Waals surface area contributed by atoms with Gasteiger partial charge in [0.2, 0.25) is 0 Å². The van der Waals surface area contributed by atoms with Gasteiger partial charge in [-0.3, -0.25) is 0 Å². The van der Waals surface area contributed by atoms with Gasteiger partial charge in [-0.25, -0.2) is 0 Å². The molecule has 1 unspecified atom stereocenters. The monoisotopic (exact) mass is 287 g/mol. The fourth-order valence-corrected chi connectivity index (χ4v) is 2.93. The molecular formula is C18H22ClN. The van der Waals surface area contributed by atoms with Gasteiger partial charge < -0.3 is 5.32 Å². The molecule has 1 N–H and O–H groups in total. The first-order valence-electron chi connectivity index (χ1n) is 7.11. The molecule has 0 aliphatic carbocycles. The van der Waals surface area contributed by atoms with Crippen molar-refractivity contribution in [2.45, 2.75) is 40.2 Å². The summed E-state index contributed by atoms with van der Waals surface area (Å²) < 4.78 is 0. The fourth-order valence-electron chi connectivity index (χ4n) is 2.73. The number of aryl methyl sites for hydroxylation is 3. The first kappa shape index (κ1) is 14.9. The minimum absolute atomic E-state index is 0.286. The van der Waals surface area contributed by atoms with Gasteiger partial charge >= 0.3 is 0 Å². The molecule has 0 saturated heterocycles. The van der Waals surface area contributed by atoms with E-state index in [9.17, 15) is 0 Å². The number of benzene rings is 2. The molecule has 0 aliphatic rings. The summed E-state index contributed by atoms with van der Waals surface area (Å²) in [4.78, 5) is 0. The fraction of sp³-hybridized carbons (Fsp3) is 0.333. The third-order valence-corrected chi connectivity index (χ3v) is 3.89. The predicted octanol–water partition coefficient (Wildman–Crippen LogP) is 5.83. The van der Waals surface area contributed by atoms with Crippen molar-refractivity contribution in [1.29, 1.82) is 0 Å². The van der Waals surface area contributed by atoms with E-state index in [1.807, 2.05) is 18.2 Å². The van der Waals surface area contributed by atoms with Gasteiger partial charge in [0, 0.05) is 10.7 Å². The lowest BCUT2D eigenvalue weighted by Crippen LogP contribution is -2.11. The molecule has 1 nitrogen and oxygen atoms in total. The van der Waals surface area contributed by atoms with Crippen LogP contribution in [0.3, 0.4) is 0 Å². The maximum Gasteiger partial charge on any atom is 0.0511 e. The summed E-state index contributed by atoms with van der Waals surface area (Å²) in [6.07, 6.45) is 1.02. The molecule has 1 atom stereocenters. The average Bonchev–Trinajstić information content (AvgIpc) is 2.38. The molecule has 2 aromatic rings. The Morgan fingerprint density at radius 3 is 2.25 bits per heavy atom. The number of halogens is 1. The summed E-state index contributed by atoms with van der Waals surface area (Å²) in [7, 11) is 0. The molecule has 0 saturated carbocycles. The van der Waals surface area contributed by atoms with E-state index in [1.54, 1.807) is 0 Å². The number of rotatable bonds is 4. The molecule has 2 aromatic carbocycles. The highest BCUT2D eigenvalue weighted by molar-refractivity contribution is 6.30. The molecular weight excluding hydrogens is 266 g/mol. The Bertz CT molecular complexity index is 581. The Morgan fingerprint density at radius 1 is 1.05 bits per heavy atom. The molecule has 0 fully saturated rings. The van der Waals surface area contributed by atoms with Crippen molar-refractivity contribution in [3.8, 4) is 0 Å². The number of hydrogen-bond donors (Lipinski definition) is 1. The third-order valence-electron chi connectivity index (χ3n) is 3.65. The second kappa shape index (κ2) is 6.32. The second-order valence-corrected chi connectivity index (χ2v) is 5.87. The maximum atomic E-state index is 6.10. The van der Waals surface area contributed by atoms with Crippen LogP contribution < -0.4 is 5.32 Å². The van der Waals surface area contributed by atoms with Crippen molar-refractivity contribution < 1.29 is 0 Å². The maximum absolute atomic E-state index is 6.10. The second-order valence-electron chi connectivity index (χ2n) is 5.43. The van der Waals surface area contributed by atoms with E-state index in [2.05, 4.69) is 51.2 Å². The van der Waals surface area contributed by atoms with Crippen LogP contribution in [-0.2, 0) is 0 Å². The zero-order valence-corrected chi connectivity index (χ0v) is 13.4. The molecule has 2 rings (SSSR count). The summed E-state index contributed by atoms with van der Waals surface area (Å²) in [6.45, 7) is 8.65. The van der Waals surface area contributed by atoms with Gasteiger partial charge in [-0.05, 0) is 56.0 Å². The Morgan fingerprint density at radius 2 is 1.70 bits per heavy atom. The van der Waals surface area contributed by atoms with Crippen LogP contribution in [0.25, 0.3) is 0 Å². The average molecular weight is 288 g/mol. The van der Waals surface area contributed by atoms with Gasteiger partial charge in [-0.15, -0.1) is 0 Å². The van der Waals surface area contributed by atoms with Crippen molar-refractivity contribution >= 4 is 17.3 Å². The van der Waals surface area contributed by atoms with Crippen LogP contribution in [0.1, 0.15) is 41.6 Å². The lowest BCUT2D eigenvalue weighted by molar-refractivity contribution is 0.747. The van der Waals surface area contributed by atoms with E-state index >= 15 is 0 Å². The molecule has 0 aromatic heterocycles. The Hall–Kier alpha value is -1.47. The standard InChI is InChI=1S/C18H22ClN/c1-5-17(15-7-6-8-16(19)11-15)20-18-13(3)9-12(2)10-14(18)4/h6-11,17,20H,5H2,1-4H3. The predicted molar refractivity (Wildman–Crippen MR) is 88.8 cm³/mol. The minimum atomic E-state index is 0.286. The number of anilines is 1. The Balaban J connectivity index is 2.32. The molecule has 0 radical (unpaired) electrons. The van der Waals surface area contributed by atoms with E-state index in [1.165, 1.54) is 27.9 Å². The van der Waals surface area contributed by atoms with E-state index < -0.39 is 0 Å². The molecule has 0 heterocycles. The van der Waals surface area contributed by atoms with Gasteiger partial charge in [0.15, 0.2) is 0 Å². The number of nitrogens with one attached hydrogen (secondary N) is 1. The molecule has 0 spiro atoms. The lowest BCUT2D eigenvalue weighted by atomic mass is 10.0. The van der Waals surface area contributed by atoms with E-state index in [0.29, 0.717) is 0 Å². The zero-order valence-electron chi connectivity index (χ0n) is 12.6. The van der Waals surface area contributed by atoms with Crippen molar-refractivity contribution in [2.75, 3.05) is 5.32 Å². The highest BCUT2D eigenvalue weighted by Gasteiger charge is 2.12. The van der Waals surface area contributed by atoms with Crippen LogP contribution in [0.2, 0.25) is 5.02 Å². The molecule has 0 bridgehead atoms. The zero-order chi connectivity index (χ0) is 14.7. The smallest absolute Gasteiger partial charge is 0.0511 e. The molecule has 0 aliphatic heterocycles. The summed E-state index contributed by atoms with van der Waals surface area (Å²) in [6, 6.07) is 12.8. The third kappa shape index (κ3) is 3.34. The van der Waals surface area contributed by atoms with Crippen molar-refractivity contribution in [1.82, 2.24) is 0 Å². The Kier molecular flexibility index (Phi) is 4.72. The first-order chi connectivity index (χ1) is 9.51. The molecule has 2 heteroatoms. The van der Waals surface area contributed by atoms with Gasteiger partial charge in [-0.1, -0.05) is 48.4 Å². The molecule has 0 amide bonds. The topological polar surface area (TPSA) is 12.0 Å². The summed E-state index contributed by atoms with van der Waals surface area (Å²) in [5.41, 5.74) is 6.37. The van der Waals surface area contributed by atoms with Crippen LogP contribution >= 0.6 is 11.6 Å². The quantitative estimate of drug-likeness (QED) is 0.746. The van der Waals surface area contributed by atoms with Crippen LogP contribution in [0.4, 0.5) is 5.69 Å². The van der Waals surface area contributed by atoms with Crippen LogP contribution in [0.5, 0.6) is 0 Å². The highest BCUT2D eigenvalue weighted by atomic mass is 35.5. The van der Waals surface area contributed by atoms with E-state index in [-0.39, 0.29) is 6.04 Å². The van der Waals surface area contributed by atoms with E-state index in [0.717, 1.165) is 11.4 Å². The van der Waals surface area contributed by atoms with Gasteiger partial charge in [0.1, 0.15) is 0 Å². The SMILES string of the molecule is CCC(Nc1c(C)cc(C)cc1C)c1cccc(Cl)c1. The van der Waals surface area contributed by atoms with Crippen LogP contribution in [0, 0.1) is 20.8 Å². The number of hydrogen-bond acceptors (Lipinski definition) is 1. The van der Waals surface area contributed by atoms with Crippen molar-refractivity contribution in [3.05, 3.63) is 63.7 Å². The lowest BCUT2D eigenvalue weighted by Gasteiger charge is -2.22. The van der Waals surface area contributed by atoms with Gasteiger partial charge in [0.25, 0.3) is 0 Å². The minimum Gasteiger partial charge on any atom is -0.378 e. The summed E-state index contributed by atoms with van der Waals surface area (Å²) in [5, 5.41) is 4.47. The van der Waals surface area contributed by atoms with Crippen molar-refractivity contribution in [3.63, 3.8) is 0 Å². The first-order valence-corrected chi connectivity index (χ1v) is 7.49. The largest absolute Gasteiger partial charge is 0.378 e. The van der Waals surface area contributed by atoms with Crippen LogP contribution in [0.15, 0.2) is 36.4 Å². The summed E-state index contributed by atoms with van der Waals surface area (Å²) >= 11 is 6.10. The van der Waals surface area contributed by atoms with Crippen molar-refractivity contribution in [2.24, 2.45) is 0 Å².